The lowest BCUT2D eigenvalue weighted by Gasteiger charge is -2.36. The molecule has 1 fully saturated rings. The molecule has 0 radical (unpaired) electrons. The molecule has 8 nitrogen and oxygen atoms in total. The summed E-state index contributed by atoms with van der Waals surface area (Å²) in [4.78, 5) is 22.0. The van der Waals surface area contributed by atoms with Crippen LogP contribution < -0.4 is 15.0 Å². The Balaban J connectivity index is 1.42. The van der Waals surface area contributed by atoms with Gasteiger partial charge in [-0.3, -0.25) is 4.79 Å². The quantitative estimate of drug-likeness (QED) is 0.606. The summed E-state index contributed by atoms with van der Waals surface area (Å²) in [5.41, 5.74) is 3.57. The number of carbonyl (C=O) groups excluding carboxylic acids is 1. The van der Waals surface area contributed by atoms with Gasteiger partial charge in [-0.1, -0.05) is 24.2 Å². The number of hydrogen-bond donors (Lipinski definition) is 1. The number of para-hydroxylation sites is 1. The van der Waals surface area contributed by atoms with E-state index in [1.54, 1.807) is 19.1 Å². The van der Waals surface area contributed by atoms with Gasteiger partial charge in [0.1, 0.15) is 5.75 Å². The number of rotatable bonds is 7. The van der Waals surface area contributed by atoms with Gasteiger partial charge in [-0.15, -0.1) is 0 Å². The number of piperazine rings is 1. The Morgan fingerprint density at radius 2 is 1.91 bits per heavy atom. The number of nitrogens with zero attached hydrogens (tertiary/aromatic N) is 4. The first-order valence-corrected chi connectivity index (χ1v) is 10.9. The van der Waals surface area contributed by atoms with Crippen molar-refractivity contribution < 1.29 is 14.1 Å². The van der Waals surface area contributed by atoms with E-state index in [-0.39, 0.29) is 12.5 Å². The van der Waals surface area contributed by atoms with Gasteiger partial charge in [-0.2, -0.15) is 4.98 Å². The van der Waals surface area contributed by atoms with Gasteiger partial charge in [-0.25, -0.2) is 0 Å². The van der Waals surface area contributed by atoms with E-state index in [0.29, 0.717) is 23.0 Å². The molecule has 1 N–H and O–H groups in total. The van der Waals surface area contributed by atoms with Crippen molar-refractivity contribution in [3.63, 3.8) is 0 Å². The molecule has 1 aliphatic rings. The second-order valence-corrected chi connectivity index (χ2v) is 7.89. The van der Waals surface area contributed by atoms with Crippen LogP contribution in [-0.2, 0) is 6.61 Å². The third-order valence-corrected chi connectivity index (χ3v) is 5.67. The number of aromatic nitrogens is 2. The van der Waals surface area contributed by atoms with Gasteiger partial charge < -0.3 is 24.4 Å². The van der Waals surface area contributed by atoms with Crippen molar-refractivity contribution in [1.29, 1.82) is 0 Å². The van der Waals surface area contributed by atoms with Crippen LogP contribution in [0.5, 0.6) is 5.75 Å². The number of ether oxygens (including phenoxy) is 1. The molecule has 1 aromatic heterocycles. The number of carbonyl (C=O) groups is 1. The summed E-state index contributed by atoms with van der Waals surface area (Å²) in [6, 6.07) is 13.2. The molecule has 32 heavy (non-hydrogen) atoms. The number of likely N-dealkylation sites (N-methyl/N-ethyl adjacent to an activating group) is 1. The second kappa shape index (κ2) is 9.82. The van der Waals surface area contributed by atoms with Crippen LogP contribution >= 0.6 is 0 Å². The maximum absolute atomic E-state index is 13.0. The SMILES string of the molecule is CCN1CCN(c2ccc(NC(=O)c3ccccc3OCc3noc(C)n3)cc2C)CC1. The largest absolute Gasteiger partial charge is 0.485 e. The highest BCUT2D eigenvalue weighted by Crippen LogP contribution is 2.26. The van der Waals surface area contributed by atoms with Crippen LogP contribution in [0.2, 0.25) is 0 Å². The smallest absolute Gasteiger partial charge is 0.259 e. The summed E-state index contributed by atoms with van der Waals surface area (Å²) in [5, 5.41) is 6.81. The minimum Gasteiger partial charge on any atom is -0.485 e. The predicted octanol–water partition coefficient (Wildman–Crippen LogP) is 3.66. The van der Waals surface area contributed by atoms with Crippen LogP contribution in [0.4, 0.5) is 11.4 Å². The fraction of sp³-hybridized carbons (Fsp3) is 0.375. The zero-order chi connectivity index (χ0) is 22.5. The van der Waals surface area contributed by atoms with Gasteiger partial charge in [-0.05, 0) is 49.4 Å². The maximum atomic E-state index is 13.0. The van der Waals surface area contributed by atoms with E-state index in [1.165, 1.54) is 5.69 Å². The summed E-state index contributed by atoms with van der Waals surface area (Å²) in [6.45, 7) is 11.4. The molecule has 3 aromatic rings. The molecule has 4 rings (SSSR count). The highest BCUT2D eigenvalue weighted by molar-refractivity contribution is 6.06. The topological polar surface area (TPSA) is 83.7 Å². The van der Waals surface area contributed by atoms with E-state index in [1.807, 2.05) is 24.3 Å². The Morgan fingerprint density at radius 1 is 1.12 bits per heavy atom. The molecule has 8 heteroatoms. The van der Waals surface area contributed by atoms with E-state index in [9.17, 15) is 4.79 Å². The van der Waals surface area contributed by atoms with Crippen LogP contribution in [0.25, 0.3) is 0 Å². The highest BCUT2D eigenvalue weighted by atomic mass is 16.5. The zero-order valence-corrected chi connectivity index (χ0v) is 18.8. The molecule has 2 aromatic carbocycles. The summed E-state index contributed by atoms with van der Waals surface area (Å²) in [7, 11) is 0. The lowest BCUT2D eigenvalue weighted by Crippen LogP contribution is -2.46. The average Bonchev–Trinajstić information content (AvgIpc) is 3.23. The standard InChI is InChI=1S/C24H29N5O3/c1-4-28-11-13-29(14-12-28)21-10-9-19(15-17(21)2)26-24(30)20-7-5-6-8-22(20)31-16-23-25-18(3)32-27-23/h5-10,15H,4,11-14,16H2,1-3H3,(H,26,30). The molecule has 0 spiro atoms. The van der Waals surface area contributed by atoms with Gasteiger partial charge in [0, 0.05) is 44.5 Å². The normalized spacial score (nSPS) is 14.4. The molecular weight excluding hydrogens is 406 g/mol. The van der Waals surface area contributed by atoms with Crippen LogP contribution in [0, 0.1) is 13.8 Å². The average molecular weight is 436 g/mol. The van der Waals surface area contributed by atoms with Crippen molar-refractivity contribution in [1.82, 2.24) is 15.0 Å². The van der Waals surface area contributed by atoms with Crippen molar-refractivity contribution in [3.05, 3.63) is 65.3 Å². The van der Waals surface area contributed by atoms with E-state index in [2.05, 4.69) is 45.2 Å². The van der Waals surface area contributed by atoms with Crippen molar-refractivity contribution in [2.24, 2.45) is 0 Å². The molecule has 0 unspecified atom stereocenters. The van der Waals surface area contributed by atoms with Crippen LogP contribution in [0.1, 0.15) is 34.6 Å². The molecule has 168 valence electrons. The summed E-state index contributed by atoms with van der Waals surface area (Å²) in [5.74, 6) is 1.15. The maximum Gasteiger partial charge on any atom is 0.259 e. The summed E-state index contributed by atoms with van der Waals surface area (Å²) < 4.78 is 10.7. The highest BCUT2D eigenvalue weighted by Gasteiger charge is 2.18. The number of nitrogens with one attached hydrogen (secondary N) is 1. The monoisotopic (exact) mass is 435 g/mol. The van der Waals surface area contributed by atoms with E-state index >= 15 is 0 Å². The van der Waals surface area contributed by atoms with Gasteiger partial charge in [0.25, 0.3) is 5.91 Å². The minimum atomic E-state index is -0.228. The molecule has 2 heterocycles. The number of amides is 1. The number of benzene rings is 2. The number of aryl methyl sites for hydroxylation is 2. The Labute approximate surface area is 188 Å². The van der Waals surface area contributed by atoms with Crippen LogP contribution in [0.15, 0.2) is 47.0 Å². The second-order valence-electron chi connectivity index (χ2n) is 7.89. The van der Waals surface area contributed by atoms with E-state index < -0.39 is 0 Å². The van der Waals surface area contributed by atoms with Crippen molar-refractivity contribution >= 4 is 17.3 Å². The molecule has 0 atom stereocenters. The van der Waals surface area contributed by atoms with Gasteiger partial charge in [0.2, 0.25) is 11.7 Å². The van der Waals surface area contributed by atoms with Gasteiger partial charge in [0.15, 0.2) is 6.61 Å². The van der Waals surface area contributed by atoms with Crippen LogP contribution in [0.3, 0.4) is 0 Å². The third kappa shape index (κ3) is 5.08. The van der Waals surface area contributed by atoms with Crippen molar-refractivity contribution in [3.8, 4) is 5.75 Å². The number of hydrogen-bond acceptors (Lipinski definition) is 7. The van der Waals surface area contributed by atoms with Gasteiger partial charge >= 0.3 is 0 Å². The summed E-state index contributed by atoms with van der Waals surface area (Å²) in [6.07, 6.45) is 0. The van der Waals surface area contributed by atoms with E-state index in [4.69, 9.17) is 9.26 Å². The molecule has 1 saturated heterocycles. The fourth-order valence-electron chi connectivity index (χ4n) is 3.91. The Hall–Kier alpha value is -3.39. The first-order valence-electron chi connectivity index (χ1n) is 10.9. The molecule has 0 aliphatic carbocycles. The molecule has 0 bridgehead atoms. The Kier molecular flexibility index (Phi) is 6.70. The first kappa shape index (κ1) is 21.8. The first-order chi connectivity index (χ1) is 15.5. The third-order valence-electron chi connectivity index (χ3n) is 5.67. The van der Waals surface area contributed by atoms with Gasteiger partial charge in [0.05, 0.1) is 5.56 Å². The molecule has 1 aliphatic heterocycles. The fourth-order valence-corrected chi connectivity index (χ4v) is 3.91. The zero-order valence-electron chi connectivity index (χ0n) is 18.8. The lowest BCUT2D eigenvalue weighted by atomic mass is 10.1. The predicted molar refractivity (Wildman–Crippen MR) is 123 cm³/mol. The van der Waals surface area contributed by atoms with E-state index in [0.717, 1.165) is 44.0 Å². The van der Waals surface area contributed by atoms with Crippen molar-refractivity contribution in [2.75, 3.05) is 42.9 Å². The lowest BCUT2D eigenvalue weighted by molar-refractivity contribution is 0.102. The van der Waals surface area contributed by atoms with Crippen molar-refractivity contribution in [2.45, 2.75) is 27.4 Å². The number of anilines is 2. The summed E-state index contributed by atoms with van der Waals surface area (Å²) >= 11 is 0. The molecule has 0 saturated carbocycles. The Morgan fingerprint density at radius 3 is 2.59 bits per heavy atom. The molecule has 1 amide bonds. The van der Waals surface area contributed by atoms with Crippen LogP contribution in [-0.4, -0.2) is 53.7 Å². The minimum absolute atomic E-state index is 0.126. The molecular formula is C24H29N5O3. The Bertz CT molecular complexity index is 1070.